The number of nitrogens with one attached hydrogen (secondary N) is 1. The lowest BCUT2D eigenvalue weighted by molar-refractivity contribution is 0.538. The third kappa shape index (κ3) is 3.89. The van der Waals surface area contributed by atoms with Crippen molar-refractivity contribution >= 4 is 11.5 Å². The Labute approximate surface area is 132 Å². The number of hydrogen-bond acceptors (Lipinski definition) is 4. The molecule has 1 aromatic carbocycles. The quantitative estimate of drug-likeness (QED) is 0.898. The molecule has 0 aliphatic heterocycles. The monoisotopic (exact) mass is 303 g/mol. The molecule has 0 radical (unpaired) electrons. The van der Waals surface area contributed by atoms with Gasteiger partial charge in [0, 0.05) is 5.41 Å². The zero-order chi connectivity index (χ0) is 15.5. The highest BCUT2D eigenvalue weighted by atomic mass is 32.1. The highest BCUT2D eigenvalue weighted by Crippen LogP contribution is 2.33. The smallest absolute Gasteiger partial charge is 0.0860 e. The van der Waals surface area contributed by atoms with Crippen LogP contribution in [0.3, 0.4) is 0 Å². The fourth-order valence-electron chi connectivity index (χ4n) is 2.41. The summed E-state index contributed by atoms with van der Waals surface area (Å²) in [6.45, 7) is 11.9. The van der Waals surface area contributed by atoms with Crippen molar-refractivity contribution in [2.24, 2.45) is 0 Å². The van der Waals surface area contributed by atoms with Gasteiger partial charge in [-0.15, -0.1) is 5.10 Å². The van der Waals surface area contributed by atoms with Crippen molar-refractivity contribution in [3.05, 3.63) is 46.0 Å². The van der Waals surface area contributed by atoms with E-state index in [4.69, 9.17) is 0 Å². The molecular formula is C17H25N3S. The van der Waals surface area contributed by atoms with E-state index in [9.17, 15) is 0 Å². The van der Waals surface area contributed by atoms with Gasteiger partial charge in [-0.3, -0.25) is 0 Å². The fraction of sp³-hybridized carbons (Fsp3) is 0.529. The summed E-state index contributed by atoms with van der Waals surface area (Å²) in [6.07, 6.45) is 1.11. The Balaban J connectivity index is 2.44. The lowest BCUT2D eigenvalue weighted by atomic mass is 9.88. The maximum absolute atomic E-state index is 4.39. The van der Waals surface area contributed by atoms with Gasteiger partial charge in [0.15, 0.2) is 0 Å². The van der Waals surface area contributed by atoms with Crippen LogP contribution in [-0.2, 0) is 5.41 Å². The van der Waals surface area contributed by atoms with E-state index in [1.165, 1.54) is 27.5 Å². The molecular weight excluding hydrogens is 278 g/mol. The molecule has 1 unspecified atom stereocenters. The number of hydrogen-bond donors (Lipinski definition) is 1. The predicted octanol–water partition coefficient (Wildman–Crippen LogP) is 4.23. The number of nitrogens with zero attached hydrogens (tertiary/aromatic N) is 2. The lowest BCUT2D eigenvalue weighted by Crippen LogP contribution is -2.26. The van der Waals surface area contributed by atoms with Crippen molar-refractivity contribution < 1.29 is 0 Å². The highest BCUT2D eigenvalue weighted by molar-refractivity contribution is 7.05. The Kier molecular flexibility index (Phi) is 5.12. The van der Waals surface area contributed by atoms with Crippen molar-refractivity contribution in [2.75, 3.05) is 6.54 Å². The van der Waals surface area contributed by atoms with Crippen molar-refractivity contribution in [1.29, 1.82) is 0 Å². The third-order valence-corrected chi connectivity index (χ3v) is 4.25. The molecule has 0 aliphatic carbocycles. The van der Waals surface area contributed by atoms with Crippen LogP contribution in [0.4, 0.5) is 0 Å². The molecule has 0 amide bonds. The van der Waals surface area contributed by atoms with Crippen LogP contribution < -0.4 is 5.32 Å². The SMILES string of the molecule is CCCNC(c1cccc(C)c1)c1snnc1C(C)(C)C. The van der Waals surface area contributed by atoms with E-state index in [0.717, 1.165) is 18.7 Å². The Hall–Kier alpha value is -1.26. The molecule has 0 saturated heterocycles. The summed E-state index contributed by atoms with van der Waals surface area (Å²) < 4.78 is 4.22. The molecule has 0 bridgehead atoms. The number of aryl methyl sites for hydroxylation is 1. The molecule has 114 valence electrons. The first-order valence-corrected chi connectivity index (χ1v) is 8.33. The van der Waals surface area contributed by atoms with Gasteiger partial charge in [-0.1, -0.05) is 62.0 Å². The minimum atomic E-state index is 0.0122. The van der Waals surface area contributed by atoms with Crippen LogP contribution in [0.15, 0.2) is 24.3 Å². The second-order valence-corrected chi connectivity index (χ2v) is 7.32. The Morgan fingerprint density at radius 1 is 1.29 bits per heavy atom. The second-order valence-electron chi connectivity index (χ2n) is 6.54. The molecule has 3 nitrogen and oxygen atoms in total. The van der Waals surface area contributed by atoms with Crippen LogP contribution in [0, 0.1) is 6.92 Å². The zero-order valence-corrected chi connectivity index (χ0v) is 14.4. The van der Waals surface area contributed by atoms with E-state index in [1.807, 2.05) is 0 Å². The summed E-state index contributed by atoms with van der Waals surface area (Å²) in [7, 11) is 0. The topological polar surface area (TPSA) is 37.8 Å². The summed E-state index contributed by atoms with van der Waals surface area (Å²) >= 11 is 1.51. The summed E-state index contributed by atoms with van der Waals surface area (Å²) in [5.41, 5.74) is 3.69. The van der Waals surface area contributed by atoms with Gasteiger partial charge in [0.2, 0.25) is 0 Å². The van der Waals surface area contributed by atoms with Gasteiger partial charge in [0.25, 0.3) is 0 Å². The van der Waals surface area contributed by atoms with Crippen molar-refractivity contribution in [3.8, 4) is 0 Å². The lowest BCUT2D eigenvalue weighted by Gasteiger charge is -2.23. The number of benzene rings is 1. The molecule has 0 fully saturated rings. The van der Waals surface area contributed by atoms with E-state index in [2.05, 4.69) is 73.8 Å². The first-order chi connectivity index (χ1) is 9.93. The Morgan fingerprint density at radius 2 is 2.05 bits per heavy atom. The van der Waals surface area contributed by atoms with Crippen LogP contribution in [-0.4, -0.2) is 16.1 Å². The maximum Gasteiger partial charge on any atom is 0.0860 e. The molecule has 2 rings (SSSR count). The molecule has 0 aliphatic rings. The summed E-state index contributed by atoms with van der Waals surface area (Å²) in [5.74, 6) is 0. The van der Waals surface area contributed by atoms with Gasteiger partial charge in [0.05, 0.1) is 16.6 Å². The van der Waals surface area contributed by atoms with Gasteiger partial charge >= 0.3 is 0 Å². The van der Waals surface area contributed by atoms with Gasteiger partial charge in [-0.05, 0) is 37.0 Å². The normalized spacial score (nSPS) is 13.4. The second kappa shape index (κ2) is 6.67. The van der Waals surface area contributed by atoms with Crippen molar-refractivity contribution in [3.63, 3.8) is 0 Å². The molecule has 2 aromatic rings. The maximum atomic E-state index is 4.39. The highest BCUT2D eigenvalue weighted by Gasteiger charge is 2.27. The largest absolute Gasteiger partial charge is 0.305 e. The molecule has 4 heteroatoms. The van der Waals surface area contributed by atoms with Crippen LogP contribution in [0.25, 0.3) is 0 Å². The number of rotatable bonds is 5. The van der Waals surface area contributed by atoms with Crippen LogP contribution >= 0.6 is 11.5 Å². The minimum Gasteiger partial charge on any atom is -0.305 e. The molecule has 0 saturated carbocycles. The zero-order valence-electron chi connectivity index (χ0n) is 13.6. The van der Waals surface area contributed by atoms with Crippen LogP contribution in [0.1, 0.15) is 61.9 Å². The van der Waals surface area contributed by atoms with Crippen molar-refractivity contribution in [2.45, 2.75) is 52.5 Å². The molecule has 1 heterocycles. The minimum absolute atomic E-state index is 0.0122. The first kappa shape index (κ1) is 16.1. The van der Waals surface area contributed by atoms with Gasteiger partial charge < -0.3 is 5.32 Å². The van der Waals surface area contributed by atoms with E-state index >= 15 is 0 Å². The first-order valence-electron chi connectivity index (χ1n) is 7.56. The Morgan fingerprint density at radius 3 is 2.67 bits per heavy atom. The third-order valence-electron chi connectivity index (χ3n) is 3.46. The van der Waals surface area contributed by atoms with Gasteiger partial charge in [-0.25, -0.2) is 0 Å². The predicted molar refractivity (Wildman–Crippen MR) is 89.9 cm³/mol. The molecule has 21 heavy (non-hydrogen) atoms. The number of aromatic nitrogens is 2. The molecule has 1 aromatic heterocycles. The summed E-state index contributed by atoms with van der Waals surface area (Å²) in [5, 5.41) is 8.05. The van der Waals surface area contributed by atoms with E-state index in [-0.39, 0.29) is 11.5 Å². The molecule has 1 atom stereocenters. The average molecular weight is 303 g/mol. The average Bonchev–Trinajstić information content (AvgIpc) is 2.88. The summed E-state index contributed by atoms with van der Waals surface area (Å²) in [4.78, 5) is 1.24. The van der Waals surface area contributed by atoms with Crippen molar-refractivity contribution in [1.82, 2.24) is 14.9 Å². The Bertz CT molecular complexity index is 584. The van der Waals surface area contributed by atoms with E-state index in [0.29, 0.717) is 0 Å². The van der Waals surface area contributed by atoms with Crippen LogP contribution in [0.2, 0.25) is 0 Å². The fourth-order valence-corrected chi connectivity index (χ4v) is 3.38. The van der Waals surface area contributed by atoms with Gasteiger partial charge in [0.1, 0.15) is 0 Å². The summed E-state index contributed by atoms with van der Waals surface area (Å²) in [6, 6.07) is 8.87. The van der Waals surface area contributed by atoms with E-state index in [1.54, 1.807) is 0 Å². The standard InChI is InChI=1S/C17H25N3S/c1-6-10-18-14(13-9-7-8-12(2)11-13)15-16(17(3,4)5)19-20-21-15/h7-9,11,14,18H,6,10H2,1-5H3. The molecule has 0 spiro atoms. The van der Waals surface area contributed by atoms with Crippen LogP contribution in [0.5, 0.6) is 0 Å². The van der Waals surface area contributed by atoms with Gasteiger partial charge in [-0.2, -0.15) is 0 Å². The van der Waals surface area contributed by atoms with E-state index < -0.39 is 0 Å². The molecule has 1 N–H and O–H groups in total.